The number of anilines is 1. The third-order valence-corrected chi connectivity index (χ3v) is 6.83. The molecule has 2 aromatic heterocycles. The molecular formula is C13H18N5O5PS. The number of methoxy groups -OCH3 is 1. The van der Waals surface area contributed by atoms with E-state index in [4.69, 9.17) is 40.6 Å². The maximum absolute atomic E-state index is 6.13. The number of imidazole rings is 1. The molecule has 2 aliphatic heterocycles. The standard InChI is InChI=1S/C13H18N5O5PS/c1-6-9-7(4-21-24(25,20-3)23-9)22-12(6)18-5-15-8-10(18)16-13(14)17-11(8)19-2/h5-7,9,12H,4H2,1-3H3,(H2,14,16,17)/t6-,7+,9-,12+,24?/m0/s1. The Morgan fingerprint density at radius 2 is 2.20 bits per heavy atom. The number of nitrogens with zero attached hydrogens (tertiary/aromatic N) is 4. The van der Waals surface area contributed by atoms with Gasteiger partial charge in [0.25, 0.3) is 0 Å². The van der Waals surface area contributed by atoms with Crippen LogP contribution in [0.4, 0.5) is 5.95 Å². The van der Waals surface area contributed by atoms with Gasteiger partial charge in [0.15, 0.2) is 11.2 Å². The Balaban J connectivity index is 1.71. The fourth-order valence-corrected chi connectivity index (χ4v) is 4.86. The van der Waals surface area contributed by atoms with Crippen LogP contribution < -0.4 is 10.5 Å². The first kappa shape index (κ1) is 17.1. The molecule has 0 aliphatic carbocycles. The van der Waals surface area contributed by atoms with E-state index < -0.39 is 6.72 Å². The van der Waals surface area contributed by atoms with Crippen LogP contribution >= 0.6 is 6.72 Å². The van der Waals surface area contributed by atoms with Gasteiger partial charge in [-0.2, -0.15) is 9.97 Å². The average Bonchev–Trinajstić information content (AvgIpc) is 3.15. The summed E-state index contributed by atoms with van der Waals surface area (Å²) in [6, 6.07) is 0. The minimum Gasteiger partial charge on any atom is -0.479 e. The second-order valence-corrected chi connectivity index (χ2v) is 8.91. The van der Waals surface area contributed by atoms with Crippen LogP contribution in [0.15, 0.2) is 6.33 Å². The smallest absolute Gasteiger partial charge is 0.327 e. The molecule has 12 heteroatoms. The molecule has 4 heterocycles. The molecule has 0 aromatic carbocycles. The van der Waals surface area contributed by atoms with Crippen LogP contribution in [0.5, 0.6) is 5.88 Å². The maximum Gasteiger partial charge on any atom is 0.327 e. The zero-order chi connectivity index (χ0) is 17.8. The number of fused-ring (bicyclic) bond motifs is 2. The van der Waals surface area contributed by atoms with Crippen LogP contribution in [-0.2, 0) is 30.1 Å². The highest BCUT2D eigenvalue weighted by atomic mass is 32.5. The van der Waals surface area contributed by atoms with Crippen molar-refractivity contribution in [2.75, 3.05) is 26.6 Å². The van der Waals surface area contributed by atoms with Crippen LogP contribution in [0.25, 0.3) is 11.2 Å². The van der Waals surface area contributed by atoms with Crippen LogP contribution in [0.1, 0.15) is 13.2 Å². The van der Waals surface area contributed by atoms with E-state index in [2.05, 4.69) is 15.0 Å². The van der Waals surface area contributed by atoms with E-state index in [0.29, 0.717) is 23.7 Å². The second kappa shape index (κ2) is 6.11. The number of rotatable bonds is 3. The van der Waals surface area contributed by atoms with Crippen molar-refractivity contribution in [2.45, 2.75) is 25.4 Å². The highest BCUT2D eigenvalue weighted by Crippen LogP contribution is 2.57. The fourth-order valence-electron chi connectivity index (χ4n) is 3.17. The largest absolute Gasteiger partial charge is 0.479 e. The predicted octanol–water partition coefficient (Wildman–Crippen LogP) is 1.24. The Labute approximate surface area is 148 Å². The molecule has 4 rings (SSSR count). The van der Waals surface area contributed by atoms with Gasteiger partial charge >= 0.3 is 6.72 Å². The summed E-state index contributed by atoms with van der Waals surface area (Å²) in [7, 11) is 3.00. The monoisotopic (exact) mass is 387 g/mol. The third-order valence-electron chi connectivity index (χ3n) is 4.39. The van der Waals surface area contributed by atoms with Gasteiger partial charge < -0.3 is 28.8 Å². The molecule has 2 aliphatic rings. The van der Waals surface area contributed by atoms with Crippen LogP contribution in [-0.4, -0.2) is 52.6 Å². The minimum atomic E-state index is -2.71. The zero-order valence-corrected chi connectivity index (χ0v) is 15.6. The van der Waals surface area contributed by atoms with Gasteiger partial charge in [-0.25, -0.2) is 4.98 Å². The van der Waals surface area contributed by atoms with E-state index in [-0.39, 0.29) is 30.3 Å². The first-order chi connectivity index (χ1) is 12.0. The molecule has 0 spiro atoms. The molecule has 0 amide bonds. The SMILES string of the molecule is COc1nc(N)nc2c1ncn2[C@@H]1O[C@@H]2COP(=S)(OC)O[C@H]2[C@@H]1C. The van der Waals surface area contributed by atoms with E-state index in [1.165, 1.54) is 14.2 Å². The van der Waals surface area contributed by atoms with Crippen molar-refractivity contribution in [2.24, 2.45) is 5.92 Å². The van der Waals surface area contributed by atoms with Crippen LogP contribution in [0.3, 0.4) is 0 Å². The van der Waals surface area contributed by atoms with Crippen LogP contribution in [0.2, 0.25) is 0 Å². The van der Waals surface area contributed by atoms with E-state index in [9.17, 15) is 0 Å². The Kier molecular flexibility index (Phi) is 4.18. The van der Waals surface area contributed by atoms with Crippen molar-refractivity contribution in [3.8, 4) is 5.88 Å². The molecule has 0 radical (unpaired) electrons. The second-order valence-electron chi connectivity index (χ2n) is 5.83. The normalized spacial score (nSPS) is 35.0. The van der Waals surface area contributed by atoms with Gasteiger partial charge in [-0.15, -0.1) is 0 Å². The summed E-state index contributed by atoms with van der Waals surface area (Å²) in [4.78, 5) is 12.7. The lowest BCUT2D eigenvalue weighted by Gasteiger charge is -2.33. The molecule has 2 saturated heterocycles. The van der Waals surface area contributed by atoms with E-state index in [0.717, 1.165) is 0 Å². The molecule has 2 fully saturated rings. The predicted molar refractivity (Wildman–Crippen MR) is 91.5 cm³/mol. The summed E-state index contributed by atoms with van der Waals surface area (Å²) in [5.74, 6) is 0.397. The Morgan fingerprint density at radius 1 is 1.40 bits per heavy atom. The lowest BCUT2D eigenvalue weighted by Crippen LogP contribution is -2.36. The third kappa shape index (κ3) is 2.71. The van der Waals surface area contributed by atoms with Gasteiger partial charge in [0.05, 0.1) is 20.0 Å². The van der Waals surface area contributed by atoms with Crippen molar-refractivity contribution in [3.63, 3.8) is 0 Å². The van der Waals surface area contributed by atoms with E-state index in [1.807, 2.05) is 6.92 Å². The Morgan fingerprint density at radius 3 is 2.92 bits per heavy atom. The van der Waals surface area contributed by atoms with Crippen LogP contribution in [0, 0.1) is 5.92 Å². The van der Waals surface area contributed by atoms with Crippen molar-refractivity contribution in [1.29, 1.82) is 0 Å². The number of hydrogen-bond acceptors (Lipinski definition) is 10. The van der Waals surface area contributed by atoms with E-state index in [1.54, 1.807) is 10.9 Å². The number of nitrogens with two attached hydrogens (primary N) is 1. The summed E-state index contributed by atoms with van der Waals surface area (Å²) in [6.45, 7) is -0.370. The highest BCUT2D eigenvalue weighted by Gasteiger charge is 2.50. The van der Waals surface area contributed by atoms with Crippen molar-refractivity contribution in [1.82, 2.24) is 19.5 Å². The average molecular weight is 387 g/mol. The lowest BCUT2D eigenvalue weighted by atomic mass is 10.0. The quantitative estimate of drug-likeness (QED) is 0.771. The van der Waals surface area contributed by atoms with Crippen molar-refractivity contribution in [3.05, 3.63) is 6.33 Å². The first-order valence-electron chi connectivity index (χ1n) is 7.64. The summed E-state index contributed by atoms with van der Waals surface area (Å²) in [5, 5.41) is 0. The molecule has 1 unspecified atom stereocenters. The van der Waals surface area contributed by atoms with E-state index >= 15 is 0 Å². The Hall–Kier alpha value is -1.36. The summed E-state index contributed by atoms with van der Waals surface area (Å²) in [6.07, 6.45) is 0.793. The molecule has 136 valence electrons. The summed E-state index contributed by atoms with van der Waals surface area (Å²) in [5.41, 5.74) is 6.83. The van der Waals surface area contributed by atoms with Gasteiger partial charge in [0, 0.05) is 13.0 Å². The number of ether oxygens (including phenoxy) is 2. The van der Waals surface area contributed by atoms with Crippen molar-refractivity contribution >= 4 is 35.6 Å². The molecule has 5 atom stereocenters. The topological polar surface area (TPSA) is 116 Å². The molecular weight excluding hydrogens is 369 g/mol. The minimum absolute atomic E-state index is 0.0223. The number of hydrogen-bond donors (Lipinski definition) is 1. The number of aromatic nitrogens is 4. The first-order valence-corrected chi connectivity index (χ1v) is 10.2. The summed E-state index contributed by atoms with van der Waals surface area (Å²) >= 11 is 5.31. The lowest BCUT2D eigenvalue weighted by molar-refractivity contribution is -0.0597. The Bertz CT molecular complexity index is 863. The highest BCUT2D eigenvalue weighted by molar-refractivity contribution is 8.07. The number of nitrogen functional groups attached to an aromatic ring is 1. The molecule has 2 aromatic rings. The van der Waals surface area contributed by atoms with Gasteiger partial charge in [-0.1, -0.05) is 6.92 Å². The fraction of sp³-hybridized carbons (Fsp3) is 0.615. The van der Waals surface area contributed by atoms with Gasteiger partial charge in [0.1, 0.15) is 18.4 Å². The molecule has 10 nitrogen and oxygen atoms in total. The van der Waals surface area contributed by atoms with Gasteiger partial charge in [-0.3, -0.25) is 4.57 Å². The maximum atomic E-state index is 6.13. The molecule has 2 N–H and O–H groups in total. The molecule has 25 heavy (non-hydrogen) atoms. The summed E-state index contributed by atoms with van der Waals surface area (Å²) < 4.78 is 29.9. The van der Waals surface area contributed by atoms with Gasteiger partial charge in [0.2, 0.25) is 11.8 Å². The molecule has 0 saturated carbocycles. The zero-order valence-electron chi connectivity index (χ0n) is 13.9. The molecule has 0 bridgehead atoms. The van der Waals surface area contributed by atoms with Gasteiger partial charge in [-0.05, 0) is 11.8 Å². The van der Waals surface area contributed by atoms with Crippen molar-refractivity contribution < 1.29 is 23.0 Å².